The first-order valence-corrected chi connectivity index (χ1v) is 3.63. The molecule has 0 aromatic rings. The summed E-state index contributed by atoms with van der Waals surface area (Å²) >= 11 is -5.25. The van der Waals surface area contributed by atoms with Gasteiger partial charge < -0.3 is 0 Å². The van der Waals surface area contributed by atoms with Crippen molar-refractivity contribution >= 4 is 13.4 Å². The zero-order chi connectivity index (χ0) is 4.50. The van der Waals surface area contributed by atoms with E-state index in [1.807, 2.05) is 0 Å². The molecule has 0 aliphatic rings. The topological polar surface area (TPSA) is 74.6 Å². The normalized spacial score (nSPS) is 9.67. The van der Waals surface area contributed by atoms with Crippen molar-refractivity contribution < 1.29 is 16.0 Å². The molecule has 4 nitrogen and oxygen atoms in total. The molecule has 40 valence electrons. The van der Waals surface area contributed by atoms with E-state index in [2.05, 4.69) is 0 Å². The van der Waals surface area contributed by atoms with Crippen LogP contribution >= 0.6 is 0 Å². The minimum absolute atomic E-state index is 0. The maximum atomic E-state index is 8.82. The van der Waals surface area contributed by atoms with Gasteiger partial charge in [0.2, 0.25) is 0 Å². The first kappa shape index (κ1) is 9.40. The molecule has 5 heteroatoms. The Balaban J connectivity index is 0. The summed E-state index contributed by atoms with van der Waals surface area (Å²) in [4.78, 5) is 0. The van der Waals surface area contributed by atoms with E-state index < -0.39 is 13.4 Å². The van der Waals surface area contributed by atoms with E-state index in [0.29, 0.717) is 0 Å². The summed E-state index contributed by atoms with van der Waals surface area (Å²) in [5.74, 6) is 0. The van der Waals surface area contributed by atoms with E-state index in [0.717, 1.165) is 0 Å². The van der Waals surface area contributed by atoms with Crippen molar-refractivity contribution in [3.63, 3.8) is 0 Å². The van der Waals surface area contributed by atoms with E-state index >= 15 is 0 Å². The summed E-state index contributed by atoms with van der Waals surface area (Å²) < 4.78 is 31.9. The van der Waals surface area contributed by atoms with Gasteiger partial charge in [-0.05, 0) is 0 Å². The monoisotopic (exact) mass is 162 g/mol. The molecule has 0 aromatic carbocycles. The summed E-state index contributed by atoms with van der Waals surface area (Å²) in [6.45, 7) is 0. The Morgan fingerprint density at radius 3 is 1.17 bits per heavy atom. The summed E-state index contributed by atoms with van der Waals surface area (Å²) in [5.41, 5.74) is 0. The van der Waals surface area contributed by atoms with Crippen molar-refractivity contribution in [2.45, 2.75) is 7.43 Å². The van der Waals surface area contributed by atoms with Crippen molar-refractivity contribution in [3.8, 4) is 0 Å². The molecule has 0 aliphatic heterocycles. The minimum atomic E-state index is -5.25. The molecule has 0 saturated carbocycles. The fraction of sp³-hybridized carbons (Fsp3) is 1.00. The Bertz CT molecular complexity index is 90.7. The van der Waals surface area contributed by atoms with E-state index in [1.165, 1.54) is 0 Å². The molecule has 0 radical (unpaired) electrons. The third-order valence-electron chi connectivity index (χ3n) is 0. The van der Waals surface area contributed by atoms with Crippen LogP contribution in [-0.4, -0.2) is 21.7 Å². The van der Waals surface area contributed by atoms with Crippen LogP contribution < -0.4 is 0 Å². The zero-order valence-electron chi connectivity index (χ0n) is 2.12. The SMILES string of the molecule is C.O=[Se](=O)(O)O. The Hall–Kier alpha value is 0.0395. The van der Waals surface area contributed by atoms with Crippen molar-refractivity contribution in [3.05, 3.63) is 0 Å². The number of hydrogen-bond donors (Lipinski definition) is 2. The molecule has 0 unspecified atom stereocenters. The predicted octanol–water partition coefficient (Wildman–Crippen LogP) is -1.10. The molecular weight excluding hydrogens is 155 g/mol. The van der Waals surface area contributed by atoms with Crippen molar-refractivity contribution in [2.75, 3.05) is 0 Å². The van der Waals surface area contributed by atoms with Gasteiger partial charge in [0.25, 0.3) is 0 Å². The van der Waals surface area contributed by atoms with Crippen molar-refractivity contribution in [1.29, 1.82) is 0 Å². The van der Waals surface area contributed by atoms with Gasteiger partial charge in [-0.1, -0.05) is 7.43 Å². The van der Waals surface area contributed by atoms with Crippen LogP contribution in [0.15, 0.2) is 0 Å². The van der Waals surface area contributed by atoms with Gasteiger partial charge in [-0.3, -0.25) is 0 Å². The molecule has 0 aromatic heterocycles. The second-order valence-electron chi connectivity index (χ2n) is 0.448. The first-order valence-electron chi connectivity index (χ1n) is 0.698. The molecule has 0 fully saturated rings. The van der Waals surface area contributed by atoms with E-state index in [4.69, 9.17) is 16.0 Å². The average molecular weight is 161 g/mol. The first-order chi connectivity index (χ1) is 2.00. The third-order valence-corrected chi connectivity index (χ3v) is 0. The zero-order valence-corrected chi connectivity index (χ0v) is 3.83. The van der Waals surface area contributed by atoms with Gasteiger partial charge in [-0.15, -0.1) is 0 Å². The molecule has 6 heavy (non-hydrogen) atoms. The van der Waals surface area contributed by atoms with Gasteiger partial charge in [-0.2, -0.15) is 0 Å². The Morgan fingerprint density at radius 2 is 1.17 bits per heavy atom. The van der Waals surface area contributed by atoms with Crippen LogP contribution in [-0.2, 0) is 7.67 Å². The third kappa shape index (κ3) is 23900. The second kappa shape index (κ2) is 2.25. The van der Waals surface area contributed by atoms with Gasteiger partial charge in [0.05, 0.1) is 0 Å². The Morgan fingerprint density at radius 1 is 1.17 bits per heavy atom. The molecule has 0 bridgehead atoms. The molecule has 0 spiro atoms. The molecule has 2 N–H and O–H groups in total. The van der Waals surface area contributed by atoms with E-state index in [1.54, 1.807) is 0 Å². The number of rotatable bonds is 0. The van der Waals surface area contributed by atoms with Gasteiger partial charge in [-0.25, -0.2) is 0 Å². The Kier molecular flexibility index (Phi) is 3.53. The van der Waals surface area contributed by atoms with Gasteiger partial charge in [0.1, 0.15) is 0 Å². The van der Waals surface area contributed by atoms with E-state index in [9.17, 15) is 0 Å². The van der Waals surface area contributed by atoms with Gasteiger partial charge >= 0.3 is 29.4 Å². The molecule has 0 atom stereocenters. The summed E-state index contributed by atoms with van der Waals surface area (Å²) in [7, 11) is 0. The maximum absolute atomic E-state index is 8.82. The Labute approximate surface area is 37.7 Å². The number of hydrogen-bond acceptors (Lipinski definition) is 2. The molecular formula is CH6O4Se. The van der Waals surface area contributed by atoms with Gasteiger partial charge in [0.15, 0.2) is 0 Å². The molecule has 0 rings (SSSR count). The predicted molar refractivity (Wildman–Crippen MR) is 18.3 cm³/mol. The fourth-order valence-corrected chi connectivity index (χ4v) is 0. The van der Waals surface area contributed by atoms with Gasteiger partial charge in [0, 0.05) is 0 Å². The van der Waals surface area contributed by atoms with Crippen LogP contribution in [0.4, 0.5) is 0 Å². The molecule has 0 amide bonds. The average Bonchev–Trinajstić information content (AvgIpc) is 0.722. The fourth-order valence-electron chi connectivity index (χ4n) is 0. The van der Waals surface area contributed by atoms with Crippen molar-refractivity contribution in [1.82, 2.24) is 0 Å². The second-order valence-corrected chi connectivity index (χ2v) is 2.33. The van der Waals surface area contributed by atoms with Crippen LogP contribution in [0.1, 0.15) is 7.43 Å². The standard InChI is InChI=1S/CH4.H2O4Se/c;1-5(2,3)4/h1H4;(H2,1,2,3,4). The quantitative estimate of drug-likeness (QED) is 0.442. The van der Waals surface area contributed by atoms with Crippen molar-refractivity contribution in [2.24, 2.45) is 0 Å². The summed E-state index contributed by atoms with van der Waals surface area (Å²) in [5, 5.41) is 0. The summed E-state index contributed by atoms with van der Waals surface area (Å²) in [6.07, 6.45) is 0. The van der Waals surface area contributed by atoms with Crippen LogP contribution in [0.3, 0.4) is 0 Å². The van der Waals surface area contributed by atoms with Crippen LogP contribution in [0.2, 0.25) is 0 Å². The molecule has 0 heterocycles. The molecule has 0 aliphatic carbocycles. The van der Waals surface area contributed by atoms with Crippen LogP contribution in [0, 0.1) is 0 Å². The van der Waals surface area contributed by atoms with E-state index in [-0.39, 0.29) is 7.43 Å². The molecule has 0 saturated heterocycles. The van der Waals surface area contributed by atoms with Crippen LogP contribution in [0.5, 0.6) is 0 Å². The summed E-state index contributed by atoms with van der Waals surface area (Å²) in [6, 6.07) is 0. The van der Waals surface area contributed by atoms with Crippen LogP contribution in [0.25, 0.3) is 0 Å².